The van der Waals surface area contributed by atoms with Crippen LogP contribution in [0.1, 0.15) is 56.2 Å². The monoisotopic (exact) mass is 247 g/mol. The Morgan fingerprint density at radius 3 is 2.94 bits per heavy atom. The van der Waals surface area contributed by atoms with E-state index >= 15 is 0 Å². The van der Waals surface area contributed by atoms with E-state index in [9.17, 15) is 4.39 Å². The molecule has 18 heavy (non-hydrogen) atoms. The molecule has 1 fully saturated rings. The van der Waals surface area contributed by atoms with Crippen LogP contribution in [0.25, 0.3) is 0 Å². The quantitative estimate of drug-likeness (QED) is 0.829. The van der Waals surface area contributed by atoms with Crippen LogP contribution in [0.5, 0.6) is 0 Å². The zero-order valence-electron chi connectivity index (χ0n) is 11.1. The molecular formula is C16H22FN. The predicted molar refractivity (Wildman–Crippen MR) is 72.0 cm³/mol. The van der Waals surface area contributed by atoms with E-state index in [0.717, 1.165) is 24.9 Å². The number of hydrogen-bond acceptors (Lipinski definition) is 1. The normalized spacial score (nSPS) is 24.0. The van der Waals surface area contributed by atoms with Gasteiger partial charge in [-0.2, -0.15) is 0 Å². The third-order valence-electron chi connectivity index (χ3n) is 4.67. The molecule has 0 heterocycles. The summed E-state index contributed by atoms with van der Waals surface area (Å²) in [5.74, 6) is -0.0218. The van der Waals surface area contributed by atoms with Gasteiger partial charge in [0, 0.05) is 12.6 Å². The van der Waals surface area contributed by atoms with Gasteiger partial charge in [-0.1, -0.05) is 25.5 Å². The first-order valence-corrected chi connectivity index (χ1v) is 7.25. The van der Waals surface area contributed by atoms with Gasteiger partial charge in [0.2, 0.25) is 0 Å². The minimum absolute atomic E-state index is 0.0218. The van der Waals surface area contributed by atoms with Crippen molar-refractivity contribution in [1.82, 2.24) is 5.32 Å². The number of halogens is 1. The van der Waals surface area contributed by atoms with Crippen molar-refractivity contribution in [2.24, 2.45) is 5.41 Å². The van der Waals surface area contributed by atoms with Gasteiger partial charge in [-0.05, 0) is 54.7 Å². The Morgan fingerprint density at radius 2 is 2.22 bits per heavy atom. The van der Waals surface area contributed by atoms with Gasteiger partial charge in [0.15, 0.2) is 0 Å². The maximum Gasteiger partial charge on any atom is 0.126 e. The van der Waals surface area contributed by atoms with Crippen LogP contribution in [0.3, 0.4) is 0 Å². The molecule has 2 aliphatic rings. The van der Waals surface area contributed by atoms with E-state index in [1.54, 1.807) is 6.07 Å². The van der Waals surface area contributed by atoms with Crippen LogP contribution in [-0.2, 0) is 6.42 Å². The molecule has 1 aromatic carbocycles. The van der Waals surface area contributed by atoms with E-state index in [2.05, 4.69) is 18.3 Å². The van der Waals surface area contributed by atoms with Gasteiger partial charge < -0.3 is 5.32 Å². The molecule has 1 aromatic rings. The van der Waals surface area contributed by atoms with Crippen molar-refractivity contribution in [1.29, 1.82) is 0 Å². The van der Waals surface area contributed by atoms with E-state index in [1.165, 1.54) is 31.2 Å². The number of fused-ring (bicyclic) bond motifs is 1. The largest absolute Gasteiger partial charge is 0.309 e. The van der Waals surface area contributed by atoms with Crippen LogP contribution in [0, 0.1) is 11.2 Å². The van der Waals surface area contributed by atoms with Crippen LogP contribution in [0.2, 0.25) is 0 Å². The summed E-state index contributed by atoms with van der Waals surface area (Å²) >= 11 is 0. The lowest BCUT2D eigenvalue weighted by Gasteiger charge is -2.20. The third kappa shape index (κ3) is 2.18. The Kier molecular flexibility index (Phi) is 3.14. The number of hydrogen-bond donors (Lipinski definition) is 1. The molecule has 0 amide bonds. The molecule has 0 spiro atoms. The molecule has 0 bridgehead atoms. The first-order valence-electron chi connectivity index (χ1n) is 7.25. The molecule has 0 aliphatic heterocycles. The summed E-state index contributed by atoms with van der Waals surface area (Å²) in [6.07, 6.45) is 7.30. The Hall–Kier alpha value is -0.890. The minimum Gasteiger partial charge on any atom is -0.309 e. The molecule has 1 saturated carbocycles. The molecular weight excluding hydrogens is 225 g/mol. The Morgan fingerprint density at radius 1 is 1.39 bits per heavy atom. The van der Waals surface area contributed by atoms with Crippen molar-refractivity contribution >= 4 is 0 Å². The van der Waals surface area contributed by atoms with E-state index in [4.69, 9.17) is 0 Å². The van der Waals surface area contributed by atoms with E-state index in [-0.39, 0.29) is 5.82 Å². The summed E-state index contributed by atoms with van der Waals surface area (Å²) in [5.41, 5.74) is 2.71. The zero-order valence-corrected chi connectivity index (χ0v) is 11.1. The standard InChI is InChI=1S/C16H22FN/c1-2-8-16(9-10-16)11-18-15-7-6-12-13(15)4-3-5-14(12)17/h3-5,15,18H,2,6-11H2,1H3. The van der Waals surface area contributed by atoms with Gasteiger partial charge in [-0.3, -0.25) is 0 Å². The fourth-order valence-electron chi connectivity index (χ4n) is 3.38. The highest BCUT2D eigenvalue weighted by molar-refractivity contribution is 5.35. The average Bonchev–Trinajstić information content (AvgIpc) is 3.00. The predicted octanol–water partition coefficient (Wildman–Crippen LogP) is 3.98. The van der Waals surface area contributed by atoms with Crippen LogP contribution >= 0.6 is 0 Å². The Bertz CT molecular complexity index is 437. The molecule has 1 N–H and O–H groups in total. The van der Waals surface area contributed by atoms with Gasteiger partial charge in [0.25, 0.3) is 0 Å². The molecule has 0 radical (unpaired) electrons. The first kappa shape index (κ1) is 12.2. The number of benzene rings is 1. The molecule has 3 rings (SSSR count). The maximum atomic E-state index is 13.6. The molecule has 2 aliphatic carbocycles. The first-order chi connectivity index (χ1) is 8.74. The van der Waals surface area contributed by atoms with Gasteiger partial charge in [0.05, 0.1) is 0 Å². The second-order valence-electron chi connectivity index (χ2n) is 6.03. The molecule has 0 aromatic heterocycles. The van der Waals surface area contributed by atoms with Gasteiger partial charge >= 0.3 is 0 Å². The summed E-state index contributed by atoms with van der Waals surface area (Å²) in [6, 6.07) is 5.89. The molecule has 1 atom stereocenters. The maximum absolute atomic E-state index is 13.6. The van der Waals surface area contributed by atoms with E-state index in [1.807, 2.05) is 6.07 Å². The fraction of sp³-hybridized carbons (Fsp3) is 0.625. The Balaban J connectivity index is 1.65. The highest BCUT2D eigenvalue weighted by Crippen LogP contribution is 2.49. The van der Waals surface area contributed by atoms with Crippen molar-refractivity contribution in [3.05, 3.63) is 35.1 Å². The van der Waals surface area contributed by atoms with Crippen LogP contribution in [-0.4, -0.2) is 6.54 Å². The van der Waals surface area contributed by atoms with E-state index < -0.39 is 0 Å². The zero-order chi connectivity index (χ0) is 12.6. The van der Waals surface area contributed by atoms with E-state index in [0.29, 0.717) is 11.5 Å². The SMILES string of the molecule is CCCC1(CNC2CCc3c(F)cccc32)CC1. The number of nitrogens with one attached hydrogen (secondary N) is 1. The summed E-state index contributed by atoms with van der Waals surface area (Å²) in [5, 5.41) is 3.69. The summed E-state index contributed by atoms with van der Waals surface area (Å²) in [4.78, 5) is 0. The molecule has 1 nitrogen and oxygen atoms in total. The second-order valence-corrected chi connectivity index (χ2v) is 6.03. The minimum atomic E-state index is -0.0218. The van der Waals surface area contributed by atoms with Crippen molar-refractivity contribution in [2.75, 3.05) is 6.54 Å². The highest BCUT2D eigenvalue weighted by Gasteiger charge is 2.41. The van der Waals surface area contributed by atoms with Gasteiger partial charge in [0.1, 0.15) is 5.82 Å². The van der Waals surface area contributed by atoms with Gasteiger partial charge in [-0.15, -0.1) is 0 Å². The topological polar surface area (TPSA) is 12.0 Å². The third-order valence-corrected chi connectivity index (χ3v) is 4.67. The molecule has 2 heteroatoms. The Labute approximate surface area is 109 Å². The van der Waals surface area contributed by atoms with Crippen molar-refractivity contribution in [2.45, 2.75) is 51.5 Å². The lowest BCUT2D eigenvalue weighted by molar-refractivity contribution is 0.387. The molecule has 0 saturated heterocycles. The molecule has 1 unspecified atom stereocenters. The van der Waals surface area contributed by atoms with Crippen LogP contribution < -0.4 is 5.32 Å². The van der Waals surface area contributed by atoms with Crippen molar-refractivity contribution in [3.8, 4) is 0 Å². The average molecular weight is 247 g/mol. The summed E-state index contributed by atoms with van der Waals surface area (Å²) < 4.78 is 13.6. The lowest BCUT2D eigenvalue weighted by atomic mass is 9.99. The van der Waals surface area contributed by atoms with Gasteiger partial charge in [-0.25, -0.2) is 4.39 Å². The van der Waals surface area contributed by atoms with Crippen LogP contribution in [0.15, 0.2) is 18.2 Å². The molecule has 98 valence electrons. The highest BCUT2D eigenvalue weighted by atomic mass is 19.1. The smallest absolute Gasteiger partial charge is 0.126 e. The number of rotatable bonds is 5. The lowest BCUT2D eigenvalue weighted by Crippen LogP contribution is -2.27. The van der Waals surface area contributed by atoms with Crippen molar-refractivity contribution in [3.63, 3.8) is 0 Å². The van der Waals surface area contributed by atoms with Crippen LogP contribution in [0.4, 0.5) is 4.39 Å². The van der Waals surface area contributed by atoms with Crippen molar-refractivity contribution < 1.29 is 4.39 Å². The summed E-state index contributed by atoms with van der Waals surface area (Å²) in [6.45, 7) is 3.38. The summed E-state index contributed by atoms with van der Waals surface area (Å²) in [7, 11) is 0. The second kappa shape index (κ2) is 4.65. The fourth-order valence-corrected chi connectivity index (χ4v) is 3.38.